The molecule has 1 heterocycles. The summed E-state index contributed by atoms with van der Waals surface area (Å²) in [6.07, 6.45) is 8.93. The summed E-state index contributed by atoms with van der Waals surface area (Å²) in [6, 6.07) is 4.78. The maximum Gasteiger partial charge on any atom is 0.253 e. The predicted octanol–water partition coefficient (Wildman–Crippen LogP) is 3.51. The molecule has 0 N–H and O–H groups in total. The van der Waals surface area contributed by atoms with Gasteiger partial charge in [-0.2, -0.15) is 0 Å². The van der Waals surface area contributed by atoms with Crippen molar-refractivity contribution < 1.29 is 17.9 Å². The Bertz CT molecular complexity index is 1080. The number of thiazole rings is 1. The van der Waals surface area contributed by atoms with Crippen LogP contribution in [0.15, 0.2) is 41.8 Å². The second-order valence-corrected chi connectivity index (χ2v) is 10.5. The first-order valence-electron chi connectivity index (χ1n) is 9.97. The number of carbonyl (C=O) groups is 1. The third kappa shape index (κ3) is 5.06. The Kier molecular flexibility index (Phi) is 7.30. The maximum absolute atomic E-state index is 12.9. The standard InChI is InChI=1S/C22H27N3O4S2/c1-5-14-25(22-23-17-8-6-7-9-19(17)30-22)21(26)13-11-16-10-12-18(29-4)20(15-16)31(27,28)24(2)3/h5,10-13,15H,1,6-9,14H2,2-4H3/b13-11+. The van der Waals surface area contributed by atoms with E-state index in [0.29, 0.717) is 17.2 Å². The van der Waals surface area contributed by atoms with Crippen LogP contribution >= 0.6 is 11.3 Å². The van der Waals surface area contributed by atoms with E-state index in [9.17, 15) is 13.2 Å². The van der Waals surface area contributed by atoms with Crippen molar-refractivity contribution in [2.75, 3.05) is 32.6 Å². The van der Waals surface area contributed by atoms with Gasteiger partial charge in [-0.1, -0.05) is 12.1 Å². The number of hydrogen-bond donors (Lipinski definition) is 0. The van der Waals surface area contributed by atoms with Crippen molar-refractivity contribution in [2.24, 2.45) is 0 Å². The lowest BCUT2D eigenvalue weighted by Gasteiger charge is -2.16. The van der Waals surface area contributed by atoms with Crippen molar-refractivity contribution in [3.05, 3.63) is 53.1 Å². The van der Waals surface area contributed by atoms with E-state index in [-0.39, 0.29) is 16.6 Å². The molecule has 0 radical (unpaired) electrons. The first-order chi connectivity index (χ1) is 14.8. The molecule has 0 atom stereocenters. The molecule has 0 unspecified atom stereocenters. The largest absolute Gasteiger partial charge is 0.495 e. The van der Waals surface area contributed by atoms with Crippen molar-refractivity contribution >= 4 is 38.5 Å². The van der Waals surface area contributed by atoms with Gasteiger partial charge in [-0.05, 0) is 49.5 Å². The van der Waals surface area contributed by atoms with E-state index >= 15 is 0 Å². The molecule has 0 aliphatic heterocycles. The summed E-state index contributed by atoms with van der Waals surface area (Å²) in [5.74, 6) is 0.0117. The van der Waals surface area contributed by atoms with Crippen LogP contribution in [0, 0.1) is 0 Å². The molecule has 0 bridgehead atoms. The van der Waals surface area contributed by atoms with Gasteiger partial charge in [-0.3, -0.25) is 9.69 Å². The number of anilines is 1. The van der Waals surface area contributed by atoms with Gasteiger partial charge < -0.3 is 4.74 Å². The van der Waals surface area contributed by atoms with Gasteiger partial charge in [-0.15, -0.1) is 17.9 Å². The molecule has 1 aromatic heterocycles. The number of fused-ring (bicyclic) bond motifs is 1. The highest BCUT2D eigenvalue weighted by molar-refractivity contribution is 7.89. The quantitative estimate of drug-likeness (QED) is 0.444. The molecule has 166 valence electrons. The van der Waals surface area contributed by atoms with Gasteiger partial charge in [0.2, 0.25) is 10.0 Å². The number of hydrogen-bond acceptors (Lipinski definition) is 6. The summed E-state index contributed by atoms with van der Waals surface area (Å²) in [7, 11) is 0.647. The number of aryl methyl sites for hydroxylation is 2. The van der Waals surface area contributed by atoms with Gasteiger partial charge >= 0.3 is 0 Å². The van der Waals surface area contributed by atoms with E-state index < -0.39 is 10.0 Å². The van der Waals surface area contributed by atoms with Crippen LogP contribution in [0.5, 0.6) is 5.75 Å². The molecule has 7 nitrogen and oxygen atoms in total. The average Bonchev–Trinajstić information content (AvgIpc) is 3.19. The number of amides is 1. The van der Waals surface area contributed by atoms with Crippen LogP contribution in [-0.4, -0.2) is 51.4 Å². The number of methoxy groups -OCH3 is 1. The van der Waals surface area contributed by atoms with Crippen LogP contribution in [0.25, 0.3) is 6.08 Å². The molecule has 0 saturated carbocycles. The summed E-state index contributed by atoms with van der Waals surface area (Å²) in [4.78, 5) is 20.5. The van der Waals surface area contributed by atoms with E-state index in [1.165, 1.54) is 38.2 Å². The van der Waals surface area contributed by atoms with E-state index in [1.807, 2.05) is 0 Å². The number of rotatable bonds is 8. The van der Waals surface area contributed by atoms with Crippen LogP contribution in [0.3, 0.4) is 0 Å². The highest BCUT2D eigenvalue weighted by Crippen LogP contribution is 2.32. The molecule has 0 fully saturated rings. The van der Waals surface area contributed by atoms with Crippen LogP contribution in [0.1, 0.15) is 29.0 Å². The van der Waals surface area contributed by atoms with E-state index in [4.69, 9.17) is 4.74 Å². The zero-order chi connectivity index (χ0) is 22.6. The third-order valence-electron chi connectivity index (χ3n) is 5.01. The number of aromatic nitrogens is 1. The zero-order valence-corrected chi connectivity index (χ0v) is 19.6. The molecule has 1 amide bonds. The fourth-order valence-electron chi connectivity index (χ4n) is 3.30. The lowest BCUT2D eigenvalue weighted by molar-refractivity contribution is -0.114. The number of benzene rings is 1. The molecular formula is C22H27N3O4S2. The molecular weight excluding hydrogens is 434 g/mol. The summed E-state index contributed by atoms with van der Waals surface area (Å²) in [5.41, 5.74) is 1.66. The Morgan fingerprint density at radius 2 is 2.03 bits per heavy atom. The molecule has 2 aromatic rings. The smallest absolute Gasteiger partial charge is 0.253 e. The molecule has 0 spiro atoms. The SMILES string of the molecule is C=CCN(C(=O)/C=C/c1ccc(OC)c(S(=O)(=O)N(C)C)c1)c1nc2c(s1)CCCC2. The lowest BCUT2D eigenvalue weighted by atomic mass is 10.0. The van der Waals surface area contributed by atoms with Crippen molar-refractivity contribution in [1.29, 1.82) is 0 Å². The van der Waals surface area contributed by atoms with Gasteiger partial charge in [0, 0.05) is 31.6 Å². The molecule has 31 heavy (non-hydrogen) atoms. The minimum atomic E-state index is -3.69. The van der Waals surface area contributed by atoms with Crippen molar-refractivity contribution in [2.45, 2.75) is 30.6 Å². The summed E-state index contributed by atoms with van der Waals surface area (Å²) >= 11 is 1.56. The molecule has 9 heteroatoms. The zero-order valence-electron chi connectivity index (χ0n) is 18.0. The number of sulfonamides is 1. The highest BCUT2D eigenvalue weighted by atomic mass is 32.2. The number of carbonyl (C=O) groups excluding carboxylic acids is 1. The number of ether oxygens (including phenoxy) is 1. The van der Waals surface area contributed by atoms with E-state index in [1.54, 1.807) is 40.5 Å². The van der Waals surface area contributed by atoms with Crippen LogP contribution in [0.4, 0.5) is 5.13 Å². The number of nitrogens with zero attached hydrogens (tertiary/aromatic N) is 3. The summed E-state index contributed by atoms with van der Waals surface area (Å²) in [5, 5.41) is 0.673. The van der Waals surface area contributed by atoms with E-state index in [2.05, 4.69) is 11.6 Å². The first kappa shape index (κ1) is 23.2. The minimum absolute atomic E-state index is 0.0464. The normalized spacial score (nSPS) is 13.9. The lowest BCUT2D eigenvalue weighted by Crippen LogP contribution is -2.29. The van der Waals surface area contributed by atoms with Crippen molar-refractivity contribution in [3.8, 4) is 5.75 Å². The fraction of sp³-hybridized carbons (Fsp3) is 0.364. The highest BCUT2D eigenvalue weighted by Gasteiger charge is 2.23. The second kappa shape index (κ2) is 9.76. The van der Waals surface area contributed by atoms with Crippen LogP contribution in [0.2, 0.25) is 0 Å². The Labute approximate surface area is 187 Å². The maximum atomic E-state index is 12.9. The van der Waals surface area contributed by atoms with Gasteiger partial charge in [-0.25, -0.2) is 17.7 Å². The monoisotopic (exact) mass is 461 g/mol. The van der Waals surface area contributed by atoms with Crippen molar-refractivity contribution in [3.63, 3.8) is 0 Å². The van der Waals surface area contributed by atoms with Gasteiger partial charge in [0.05, 0.1) is 12.8 Å². The Balaban J connectivity index is 1.88. The summed E-state index contributed by atoms with van der Waals surface area (Å²) < 4.78 is 31.5. The molecule has 1 aromatic carbocycles. The summed E-state index contributed by atoms with van der Waals surface area (Å²) in [6.45, 7) is 4.10. The van der Waals surface area contributed by atoms with Crippen LogP contribution < -0.4 is 9.64 Å². The Hall–Kier alpha value is -2.49. The second-order valence-electron chi connectivity index (χ2n) is 7.34. The van der Waals surface area contributed by atoms with Gasteiger partial charge in [0.1, 0.15) is 10.6 Å². The van der Waals surface area contributed by atoms with Gasteiger partial charge in [0.25, 0.3) is 5.91 Å². The molecule has 0 saturated heterocycles. The first-order valence-corrected chi connectivity index (χ1v) is 12.2. The Morgan fingerprint density at radius 3 is 2.68 bits per heavy atom. The Morgan fingerprint density at radius 1 is 1.29 bits per heavy atom. The topological polar surface area (TPSA) is 79.8 Å². The molecule has 1 aliphatic carbocycles. The fourth-order valence-corrected chi connectivity index (χ4v) is 5.54. The molecule has 3 rings (SSSR count). The van der Waals surface area contributed by atoms with Crippen molar-refractivity contribution in [1.82, 2.24) is 9.29 Å². The minimum Gasteiger partial charge on any atom is -0.495 e. The molecule has 1 aliphatic rings. The van der Waals surface area contributed by atoms with Crippen LogP contribution in [-0.2, 0) is 27.7 Å². The van der Waals surface area contributed by atoms with Gasteiger partial charge in [0.15, 0.2) is 5.13 Å². The third-order valence-corrected chi connectivity index (χ3v) is 8.02. The van der Waals surface area contributed by atoms with E-state index in [0.717, 1.165) is 35.7 Å². The average molecular weight is 462 g/mol. The predicted molar refractivity (Wildman–Crippen MR) is 124 cm³/mol.